The largest absolute Gasteiger partial charge is 0.467 e. The molecule has 2 heterocycles. The fraction of sp³-hybridized carbons (Fsp3) is 0.391. The molecule has 3 aromatic rings. The van der Waals surface area contributed by atoms with Crippen molar-refractivity contribution in [3.63, 3.8) is 0 Å². The molecule has 1 unspecified atom stereocenters. The van der Waals surface area contributed by atoms with Crippen LogP contribution in [0.25, 0.3) is 0 Å². The van der Waals surface area contributed by atoms with E-state index < -0.39 is 0 Å². The number of aromatic nitrogens is 2. The van der Waals surface area contributed by atoms with Crippen LogP contribution in [0.4, 0.5) is 0 Å². The molecule has 29 heavy (non-hydrogen) atoms. The quantitative estimate of drug-likeness (QED) is 0.700. The number of carbonyl (C=O) groups excluding carboxylic acids is 1. The Morgan fingerprint density at radius 3 is 2.97 bits per heavy atom. The van der Waals surface area contributed by atoms with Crippen LogP contribution in [0.5, 0.6) is 0 Å². The van der Waals surface area contributed by atoms with Crippen LogP contribution in [0, 0.1) is 6.92 Å². The number of furan rings is 1. The first-order chi connectivity index (χ1) is 14.0. The number of hydrogen-bond donors (Lipinski definition) is 1. The van der Waals surface area contributed by atoms with E-state index in [1.54, 1.807) is 18.2 Å². The summed E-state index contributed by atoms with van der Waals surface area (Å²) in [6.45, 7) is 3.39. The SMILES string of the molecule is Cc1cccc(CNC2CCc3c(c(C(=O)N(C)Cc4ccco4)nn3C)C2)c1. The third-order valence-corrected chi connectivity index (χ3v) is 5.65. The summed E-state index contributed by atoms with van der Waals surface area (Å²) in [5.41, 5.74) is 5.38. The van der Waals surface area contributed by atoms with E-state index in [2.05, 4.69) is 41.6 Å². The molecule has 0 saturated carbocycles. The van der Waals surface area contributed by atoms with E-state index in [1.807, 2.05) is 23.9 Å². The summed E-state index contributed by atoms with van der Waals surface area (Å²) < 4.78 is 7.25. The average molecular weight is 393 g/mol. The van der Waals surface area contributed by atoms with Crippen molar-refractivity contribution in [3.05, 3.63) is 76.5 Å². The average Bonchev–Trinajstić information content (AvgIpc) is 3.33. The Kier molecular flexibility index (Phi) is 5.53. The van der Waals surface area contributed by atoms with Gasteiger partial charge in [-0.05, 0) is 43.9 Å². The first kappa shape index (κ1) is 19.5. The third-order valence-electron chi connectivity index (χ3n) is 5.65. The van der Waals surface area contributed by atoms with Crippen LogP contribution in [0.1, 0.15) is 45.1 Å². The zero-order valence-electron chi connectivity index (χ0n) is 17.3. The highest BCUT2D eigenvalue weighted by Gasteiger charge is 2.29. The minimum Gasteiger partial charge on any atom is -0.467 e. The number of hydrogen-bond acceptors (Lipinski definition) is 4. The number of rotatable bonds is 6. The molecule has 0 radical (unpaired) electrons. The molecule has 0 spiro atoms. The van der Waals surface area contributed by atoms with Crippen molar-refractivity contribution < 1.29 is 9.21 Å². The van der Waals surface area contributed by atoms with Crippen molar-refractivity contribution in [1.82, 2.24) is 20.0 Å². The van der Waals surface area contributed by atoms with Crippen molar-refractivity contribution >= 4 is 5.91 Å². The molecule has 1 aromatic carbocycles. The number of fused-ring (bicyclic) bond motifs is 1. The number of amides is 1. The fourth-order valence-electron chi connectivity index (χ4n) is 4.11. The van der Waals surface area contributed by atoms with Crippen LogP contribution < -0.4 is 5.32 Å². The van der Waals surface area contributed by atoms with Crippen molar-refractivity contribution in [2.24, 2.45) is 7.05 Å². The van der Waals surface area contributed by atoms with Crippen LogP contribution in [0.2, 0.25) is 0 Å². The Bertz CT molecular complexity index is 990. The van der Waals surface area contributed by atoms with Crippen molar-refractivity contribution in [1.29, 1.82) is 0 Å². The van der Waals surface area contributed by atoms with Crippen LogP contribution >= 0.6 is 0 Å². The molecular weight excluding hydrogens is 364 g/mol. The zero-order chi connectivity index (χ0) is 20.4. The zero-order valence-corrected chi connectivity index (χ0v) is 17.3. The molecule has 4 rings (SSSR count). The van der Waals surface area contributed by atoms with Crippen molar-refractivity contribution in [2.75, 3.05) is 7.05 Å². The monoisotopic (exact) mass is 392 g/mol. The number of nitrogens with one attached hydrogen (secondary N) is 1. The number of nitrogens with zero attached hydrogens (tertiary/aromatic N) is 3. The van der Waals surface area contributed by atoms with E-state index in [0.29, 0.717) is 18.3 Å². The van der Waals surface area contributed by atoms with E-state index in [1.165, 1.54) is 16.8 Å². The van der Waals surface area contributed by atoms with Gasteiger partial charge in [-0.15, -0.1) is 0 Å². The molecule has 1 atom stereocenters. The summed E-state index contributed by atoms with van der Waals surface area (Å²) in [6.07, 6.45) is 4.43. The molecule has 6 heteroatoms. The summed E-state index contributed by atoms with van der Waals surface area (Å²) in [5.74, 6) is 0.709. The number of benzene rings is 1. The van der Waals surface area contributed by atoms with Gasteiger partial charge in [-0.25, -0.2) is 0 Å². The maximum atomic E-state index is 13.1. The fourth-order valence-corrected chi connectivity index (χ4v) is 4.11. The van der Waals surface area contributed by atoms with Gasteiger partial charge in [0.15, 0.2) is 5.69 Å². The molecule has 0 bridgehead atoms. The van der Waals surface area contributed by atoms with Gasteiger partial charge in [-0.2, -0.15) is 5.10 Å². The van der Waals surface area contributed by atoms with Crippen LogP contribution in [0.15, 0.2) is 47.1 Å². The van der Waals surface area contributed by atoms with Gasteiger partial charge in [0.1, 0.15) is 5.76 Å². The topological polar surface area (TPSA) is 63.3 Å². The van der Waals surface area contributed by atoms with Gasteiger partial charge in [0.25, 0.3) is 5.91 Å². The second kappa shape index (κ2) is 8.25. The second-order valence-corrected chi connectivity index (χ2v) is 7.95. The van der Waals surface area contributed by atoms with Gasteiger partial charge in [-0.3, -0.25) is 9.48 Å². The predicted octanol–water partition coefficient (Wildman–Crippen LogP) is 3.24. The second-order valence-electron chi connectivity index (χ2n) is 7.95. The maximum absolute atomic E-state index is 13.1. The standard InChI is InChI=1S/C23H28N4O2/c1-16-6-4-7-17(12-16)14-24-18-9-10-21-20(13-18)22(25-27(21)3)23(28)26(2)15-19-8-5-11-29-19/h4-8,11-12,18,24H,9-10,13-15H2,1-3H3. The lowest BCUT2D eigenvalue weighted by atomic mass is 9.91. The first-order valence-electron chi connectivity index (χ1n) is 10.1. The summed E-state index contributed by atoms with van der Waals surface area (Å²) in [5, 5.41) is 8.24. The van der Waals surface area contributed by atoms with Gasteiger partial charge >= 0.3 is 0 Å². The summed E-state index contributed by atoms with van der Waals surface area (Å²) in [4.78, 5) is 14.7. The van der Waals surface area contributed by atoms with Gasteiger partial charge in [0.2, 0.25) is 0 Å². The lowest BCUT2D eigenvalue weighted by molar-refractivity contribution is 0.0767. The summed E-state index contributed by atoms with van der Waals surface area (Å²) >= 11 is 0. The van der Waals surface area contributed by atoms with E-state index in [-0.39, 0.29) is 5.91 Å². The molecule has 0 saturated heterocycles. The van der Waals surface area contributed by atoms with E-state index in [9.17, 15) is 4.79 Å². The van der Waals surface area contributed by atoms with Gasteiger partial charge in [0, 0.05) is 37.9 Å². The highest BCUT2D eigenvalue weighted by Crippen LogP contribution is 2.26. The summed E-state index contributed by atoms with van der Waals surface area (Å²) in [7, 11) is 3.73. The van der Waals surface area contributed by atoms with Crippen molar-refractivity contribution in [3.8, 4) is 0 Å². The van der Waals surface area contributed by atoms with E-state index in [4.69, 9.17) is 4.42 Å². The summed E-state index contributed by atoms with van der Waals surface area (Å²) in [6, 6.07) is 12.6. The minimum absolute atomic E-state index is 0.0578. The number of carbonyl (C=O) groups is 1. The van der Waals surface area contributed by atoms with Gasteiger partial charge < -0.3 is 14.6 Å². The Morgan fingerprint density at radius 2 is 2.21 bits per heavy atom. The van der Waals surface area contributed by atoms with Crippen molar-refractivity contribution in [2.45, 2.75) is 45.3 Å². The molecule has 1 aliphatic carbocycles. The van der Waals surface area contributed by atoms with Crippen LogP contribution in [-0.2, 0) is 33.0 Å². The van der Waals surface area contributed by atoms with Gasteiger partial charge in [0.05, 0.1) is 12.8 Å². The minimum atomic E-state index is -0.0578. The highest BCUT2D eigenvalue weighted by molar-refractivity contribution is 5.94. The highest BCUT2D eigenvalue weighted by atomic mass is 16.3. The molecule has 0 aliphatic heterocycles. The Labute approximate surface area is 171 Å². The number of aryl methyl sites for hydroxylation is 2. The lowest BCUT2D eigenvalue weighted by Crippen LogP contribution is -2.35. The third kappa shape index (κ3) is 4.27. The molecule has 0 fully saturated rings. The Morgan fingerprint density at radius 1 is 1.34 bits per heavy atom. The molecule has 1 amide bonds. The molecule has 1 N–H and O–H groups in total. The van der Waals surface area contributed by atoms with Gasteiger partial charge in [-0.1, -0.05) is 29.8 Å². The Balaban J connectivity index is 1.46. The molecule has 1 aliphatic rings. The lowest BCUT2D eigenvalue weighted by Gasteiger charge is -2.25. The first-order valence-corrected chi connectivity index (χ1v) is 10.1. The smallest absolute Gasteiger partial charge is 0.274 e. The molecular formula is C23H28N4O2. The van der Waals surface area contributed by atoms with E-state index in [0.717, 1.165) is 37.1 Å². The normalized spacial score (nSPS) is 15.9. The van der Waals surface area contributed by atoms with E-state index >= 15 is 0 Å². The molecule has 2 aromatic heterocycles. The Hall–Kier alpha value is -2.86. The molecule has 6 nitrogen and oxygen atoms in total. The predicted molar refractivity (Wildman–Crippen MR) is 112 cm³/mol. The molecule has 152 valence electrons. The maximum Gasteiger partial charge on any atom is 0.274 e. The van der Waals surface area contributed by atoms with Crippen LogP contribution in [0.3, 0.4) is 0 Å². The van der Waals surface area contributed by atoms with Crippen LogP contribution in [-0.4, -0.2) is 33.7 Å².